The monoisotopic (exact) mass is 276 g/mol. The summed E-state index contributed by atoms with van der Waals surface area (Å²) in [6, 6.07) is 5.72. The van der Waals surface area contributed by atoms with Gasteiger partial charge < -0.3 is 14.6 Å². The van der Waals surface area contributed by atoms with Gasteiger partial charge >= 0.3 is 0 Å². The van der Waals surface area contributed by atoms with E-state index >= 15 is 0 Å². The Morgan fingerprint density at radius 2 is 2.10 bits per heavy atom. The largest absolute Gasteiger partial charge is 0.497 e. The third-order valence-electron chi connectivity index (χ3n) is 4.75. The maximum absolute atomic E-state index is 10.5. The van der Waals surface area contributed by atoms with Crippen molar-refractivity contribution >= 4 is 0 Å². The summed E-state index contributed by atoms with van der Waals surface area (Å²) in [4.78, 5) is 0. The summed E-state index contributed by atoms with van der Waals surface area (Å²) in [6.07, 6.45) is 4.70. The second kappa shape index (κ2) is 4.66. The lowest BCUT2D eigenvalue weighted by molar-refractivity contribution is -0.0677. The number of hydrogen-bond acceptors (Lipinski definition) is 3. The van der Waals surface area contributed by atoms with E-state index in [0.717, 1.165) is 29.9 Å². The Morgan fingerprint density at radius 1 is 1.30 bits per heavy atom. The number of aliphatic hydroxyl groups excluding tert-OH is 1. The van der Waals surface area contributed by atoms with Gasteiger partial charge in [-0.15, -0.1) is 0 Å². The highest BCUT2D eigenvalue weighted by atomic mass is 16.5. The van der Waals surface area contributed by atoms with Crippen LogP contribution in [0.3, 0.4) is 0 Å². The van der Waals surface area contributed by atoms with Gasteiger partial charge in [-0.05, 0) is 49.3 Å². The van der Waals surface area contributed by atoms with Gasteiger partial charge in [-0.3, -0.25) is 0 Å². The Morgan fingerprint density at radius 3 is 2.80 bits per heavy atom. The van der Waals surface area contributed by atoms with Gasteiger partial charge in [0, 0.05) is 12.0 Å². The van der Waals surface area contributed by atoms with Crippen molar-refractivity contribution in [2.75, 3.05) is 7.11 Å². The fraction of sp³-hybridized carbons (Fsp3) is 0.647. The van der Waals surface area contributed by atoms with Gasteiger partial charge in [0.05, 0.1) is 13.2 Å². The second-order valence-corrected chi connectivity index (χ2v) is 7.10. The van der Waals surface area contributed by atoms with Crippen LogP contribution in [0.2, 0.25) is 0 Å². The van der Waals surface area contributed by atoms with Crippen LogP contribution in [0.25, 0.3) is 0 Å². The third-order valence-corrected chi connectivity index (χ3v) is 4.75. The van der Waals surface area contributed by atoms with E-state index in [1.165, 1.54) is 12.8 Å². The van der Waals surface area contributed by atoms with Crippen LogP contribution in [0.15, 0.2) is 18.2 Å². The first-order valence-electron chi connectivity index (χ1n) is 7.48. The quantitative estimate of drug-likeness (QED) is 0.846. The Hall–Kier alpha value is -1.22. The molecule has 1 spiro atoms. The number of methoxy groups -OCH3 is 1. The molecule has 0 amide bonds. The molecule has 1 aliphatic heterocycles. The maximum Gasteiger partial charge on any atom is 0.126 e. The molecule has 1 heterocycles. The van der Waals surface area contributed by atoms with Crippen LogP contribution in [0.4, 0.5) is 0 Å². The minimum Gasteiger partial charge on any atom is -0.497 e. The molecule has 0 saturated heterocycles. The van der Waals surface area contributed by atoms with Gasteiger partial charge in [0.2, 0.25) is 0 Å². The minimum absolute atomic E-state index is 0.192. The molecular formula is C17H24O3. The third kappa shape index (κ3) is 2.39. The highest BCUT2D eigenvalue weighted by Gasteiger charge is 2.46. The molecular weight excluding hydrogens is 252 g/mol. The normalized spacial score (nSPS) is 31.5. The van der Waals surface area contributed by atoms with Gasteiger partial charge in [0.1, 0.15) is 17.1 Å². The molecule has 0 aromatic heterocycles. The molecule has 1 aromatic rings. The molecule has 20 heavy (non-hydrogen) atoms. The Labute approximate surface area is 120 Å². The molecule has 0 bridgehead atoms. The molecule has 3 nitrogen and oxygen atoms in total. The van der Waals surface area contributed by atoms with Crippen molar-refractivity contribution in [1.29, 1.82) is 0 Å². The fourth-order valence-electron chi connectivity index (χ4n) is 3.94. The topological polar surface area (TPSA) is 38.7 Å². The summed E-state index contributed by atoms with van der Waals surface area (Å²) < 4.78 is 11.6. The predicted molar refractivity (Wildman–Crippen MR) is 78.2 cm³/mol. The van der Waals surface area contributed by atoms with Crippen LogP contribution in [0.5, 0.6) is 11.5 Å². The van der Waals surface area contributed by atoms with E-state index in [1.807, 2.05) is 18.2 Å². The van der Waals surface area contributed by atoms with Crippen LogP contribution in [-0.4, -0.2) is 17.8 Å². The number of aliphatic hydroxyl groups is 1. The van der Waals surface area contributed by atoms with Crippen molar-refractivity contribution in [3.8, 4) is 11.5 Å². The lowest BCUT2D eigenvalue weighted by atomic mass is 9.67. The smallest absolute Gasteiger partial charge is 0.126 e. The molecule has 1 aromatic carbocycles. The second-order valence-electron chi connectivity index (χ2n) is 7.10. The van der Waals surface area contributed by atoms with Crippen molar-refractivity contribution in [2.45, 2.75) is 57.7 Å². The van der Waals surface area contributed by atoms with Crippen molar-refractivity contribution < 1.29 is 14.6 Å². The van der Waals surface area contributed by atoms with Crippen LogP contribution >= 0.6 is 0 Å². The summed E-state index contributed by atoms with van der Waals surface area (Å²) in [5.74, 6) is 1.59. The van der Waals surface area contributed by atoms with Crippen molar-refractivity contribution in [3.05, 3.63) is 23.8 Å². The molecule has 3 rings (SSSR count). The molecule has 0 radical (unpaired) electrons. The minimum atomic E-state index is -0.456. The van der Waals surface area contributed by atoms with E-state index < -0.39 is 6.10 Å². The summed E-state index contributed by atoms with van der Waals surface area (Å²) in [7, 11) is 1.64. The molecule has 1 fully saturated rings. The Bertz CT molecular complexity index is 509. The summed E-state index contributed by atoms with van der Waals surface area (Å²) in [6.45, 7) is 4.60. The highest BCUT2D eigenvalue weighted by molar-refractivity contribution is 5.43. The van der Waals surface area contributed by atoms with Crippen LogP contribution in [0, 0.1) is 5.41 Å². The molecule has 1 aliphatic carbocycles. The standard InChI is InChI=1S/C17H24O3/c1-16(2)7-4-8-17(11-16)10-14(18)13-9-12(19-3)5-6-15(13)20-17/h5-6,9,14,18H,4,7-8,10-11H2,1-3H3. The number of benzene rings is 1. The SMILES string of the molecule is COc1ccc2c(c1)C(O)CC1(CCCC(C)(C)C1)O2. The highest BCUT2D eigenvalue weighted by Crippen LogP contribution is 2.51. The molecule has 3 heteroatoms. The zero-order valence-corrected chi connectivity index (χ0v) is 12.6. The first-order valence-corrected chi connectivity index (χ1v) is 7.48. The van der Waals surface area contributed by atoms with E-state index in [9.17, 15) is 5.11 Å². The lowest BCUT2D eigenvalue weighted by Crippen LogP contribution is -2.47. The molecule has 1 saturated carbocycles. The van der Waals surface area contributed by atoms with Gasteiger partial charge in [0.15, 0.2) is 0 Å². The van der Waals surface area contributed by atoms with Gasteiger partial charge in [0.25, 0.3) is 0 Å². The molecule has 1 N–H and O–H groups in total. The van der Waals surface area contributed by atoms with E-state index in [-0.39, 0.29) is 5.60 Å². The van der Waals surface area contributed by atoms with E-state index in [1.54, 1.807) is 7.11 Å². The molecule has 2 unspecified atom stereocenters. The summed E-state index contributed by atoms with van der Waals surface area (Å²) in [5.41, 5.74) is 0.961. The van der Waals surface area contributed by atoms with Crippen LogP contribution in [0.1, 0.15) is 57.6 Å². The fourth-order valence-corrected chi connectivity index (χ4v) is 3.94. The van der Waals surface area contributed by atoms with E-state index in [4.69, 9.17) is 9.47 Å². The number of hydrogen-bond donors (Lipinski definition) is 1. The average molecular weight is 276 g/mol. The molecule has 110 valence electrons. The van der Waals surface area contributed by atoms with Crippen molar-refractivity contribution in [2.24, 2.45) is 5.41 Å². The van der Waals surface area contributed by atoms with Crippen LogP contribution < -0.4 is 9.47 Å². The number of fused-ring (bicyclic) bond motifs is 1. The molecule has 2 atom stereocenters. The zero-order chi connectivity index (χ0) is 14.4. The van der Waals surface area contributed by atoms with Gasteiger partial charge in [-0.1, -0.05) is 13.8 Å². The molecule has 2 aliphatic rings. The summed E-state index contributed by atoms with van der Waals surface area (Å²) >= 11 is 0. The Kier molecular flexibility index (Phi) is 3.20. The van der Waals surface area contributed by atoms with E-state index in [2.05, 4.69) is 13.8 Å². The predicted octanol–water partition coefficient (Wildman–Crippen LogP) is 3.85. The van der Waals surface area contributed by atoms with Gasteiger partial charge in [-0.25, -0.2) is 0 Å². The first kappa shape index (κ1) is 13.7. The zero-order valence-electron chi connectivity index (χ0n) is 12.6. The average Bonchev–Trinajstić information content (AvgIpc) is 2.37. The Balaban J connectivity index is 1.92. The summed E-state index contributed by atoms with van der Waals surface area (Å²) in [5, 5.41) is 10.5. The van der Waals surface area contributed by atoms with Crippen molar-refractivity contribution in [3.63, 3.8) is 0 Å². The van der Waals surface area contributed by atoms with Crippen LogP contribution in [-0.2, 0) is 0 Å². The number of rotatable bonds is 1. The van der Waals surface area contributed by atoms with Gasteiger partial charge in [-0.2, -0.15) is 0 Å². The number of ether oxygens (including phenoxy) is 2. The lowest BCUT2D eigenvalue weighted by Gasteiger charge is -2.48. The maximum atomic E-state index is 10.5. The first-order chi connectivity index (χ1) is 9.43. The van der Waals surface area contributed by atoms with Crippen molar-refractivity contribution in [1.82, 2.24) is 0 Å². The van der Waals surface area contributed by atoms with E-state index in [0.29, 0.717) is 11.8 Å².